The van der Waals surface area contributed by atoms with Gasteiger partial charge in [-0.2, -0.15) is 0 Å². The van der Waals surface area contributed by atoms with Crippen LogP contribution in [0, 0.1) is 0 Å². The smallest absolute Gasteiger partial charge is 0.254 e. The summed E-state index contributed by atoms with van der Waals surface area (Å²) in [4.78, 5) is 26.8. The minimum absolute atomic E-state index is 0.0570. The number of anilines is 1. The summed E-state index contributed by atoms with van der Waals surface area (Å²) in [6, 6.07) is 16.2. The third-order valence-electron chi connectivity index (χ3n) is 4.92. The van der Waals surface area contributed by atoms with E-state index < -0.39 is 0 Å². The van der Waals surface area contributed by atoms with Crippen LogP contribution in [0.2, 0.25) is 0 Å². The first-order chi connectivity index (χ1) is 12.2. The summed E-state index contributed by atoms with van der Waals surface area (Å²) in [5.41, 5.74) is 3.79. The Morgan fingerprint density at radius 2 is 1.88 bits per heavy atom. The maximum atomic E-state index is 13.1. The molecular weight excluding hydrogens is 312 g/mol. The van der Waals surface area contributed by atoms with Crippen molar-refractivity contribution >= 4 is 17.5 Å². The second-order valence-electron chi connectivity index (χ2n) is 6.92. The van der Waals surface area contributed by atoms with E-state index in [9.17, 15) is 9.59 Å². The highest BCUT2D eigenvalue weighted by molar-refractivity contribution is 5.97. The molecule has 2 amide bonds. The van der Waals surface area contributed by atoms with Crippen LogP contribution in [-0.4, -0.2) is 22.8 Å². The van der Waals surface area contributed by atoms with Crippen LogP contribution < -0.4 is 5.32 Å². The first-order valence-corrected chi connectivity index (χ1v) is 8.98. The van der Waals surface area contributed by atoms with Gasteiger partial charge in [0.25, 0.3) is 5.91 Å². The summed E-state index contributed by atoms with van der Waals surface area (Å²) < 4.78 is 0. The number of aryl methyl sites for hydroxylation is 1. The molecule has 1 aliphatic carbocycles. The number of rotatable bonds is 4. The molecule has 2 aromatic rings. The lowest BCUT2D eigenvalue weighted by Gasteiger charge is -2.23. The van der Waals surface area contributed by atoms with Crippen LogP contribution in [-0.2, 0) is 17.8 Å². The number of nitrogens with zero attached hydrogens (tertiary/aromatic N) is 1. The van der Waals surface area contributed by atoms with E-state index in [1.165, 1.54) is 0 Å². The molecule has 1 heterocycles. The topological polar surface area (TPSA) is 49.4 Å². The van der Waals surface area contributed by atoms with E-state index in [1.54, 1.807) is 0 Å². The molecule has 0 unspecified atom stereocenters. The molecule has 0 spiro atoms. The average Bonchev–Trinajstić information content (AvgIpc) is 3.47. The molecule has 1 saturated carbocycles. The van der Waals surface area contributed by atoms with Gasteiger partial charge in [0, 0.05) is 30.3 Å². The maximum absolute atomic E-state index is 13.1. The summed E-state index contributed by atoms with van der Waals surface area (Å²) in [5, 5.41) is 2.93. The molecule has 1 fully saturated rings. The molecule has 2 aliphatic rings. The first-order valence-electron chi connectivity index (χ1n) is 8.98. The molecule has 4 nitrogen and oxygen atoms in total. The molecule has 0 aromatic heterocycles. The van der Waals surface area contributed by atoms with Crippen molar-refractivity contribution in [1.29, 1.82) is 0 Å². The van der Waals surface area contributed by atoms with Crippen LogP contribution >= 0.6 is 0 Å². The van der Waals surface area contributed by atoms with Gasteiger partial charge in [-0.05, 0) is 55.0 Å². The van der Waals surface area contributed by atoms with Crippen LogP contribution in [0.5, 0.6) is 0 Å². The quantitative estimate of drug-likeness (QED) is 0.925. The van der Waals surface area contributed by atoms with Crippen LogP contribution in [0.25, 0.3) is 0 Å². The van der Waals surface area contributed by atoms with Crippen molar-refractivity contribution in [3.63, 3.8) is 0 Å². The molecule has 0 saturated heterocycles. The van der Waals surface area contributed by atoms with Crippen molar-refractivity contribution in [3.05, 3.63) is 65.2 Å². The summed E-state index contributed by atoms with van der Waals surface area (Å²) in [6.45, 7) is 0.651. The van der Waals surface area contributed by atoms with Gasteiger partial charge in [0.05, 0.1) is 0 Å². The Labute approximate surface area is 147 Å². The van der Waals surface area contributed by atoms with Gasteiger partial charge in [-0.3, -0.25) is 9.59 Å². The minimum atomic E-state index is 0.0570. The van der Waals surface area contributed by atoms with E-state index in [1.807, 2.05) is 41.3 Å². The largest absolute Gasteiger partial charge is 0.331 e. The van der Waals surface area contributed by atoms with E-state index in [0.717, 1.165) is 48.1 Å². The molecular formula is C21H22N2O2. The zero-order valence-corrected chi connectivity index (χ0v) is 14.2. The van der Waals surface area contributed by atoms with Gasteiger partial charge < -0.3 is 10.2 Å². The SMILES string of the molecule is O=C1CCCc2cc(C(=O)N(Cc3ccccc3)C3CC3)ccc2N1. The Kier molecular flexibility index (Phi) is 4.26. The number of carbonyl (C=O) groups excluding carboxylic acids is 2. The van der Waals surface area contributed by atoms with Crippen molar-refractivity contribution in [2.75, 3.05) is 5.32 Å². The van der Waals surface area contributed by atoms with Crippen molar-refractivity contribution in [2.24, 2.45) is 0 Å². The van der Waals surface area contributed by atoms with Gasteiger partial charge in [0.15, 0.2) is 0 Å². The zero-order chi connectivity index (χ0) is 17.2. The van der Waals surface area contributed by atoms with Gasteiger partial charge in [-0.1, -0.05) is 30.3 Å². The van der Waals surface area contributed by atoms with E-state index in [2.05, 4.69) is 17.4 Å². The van der Waals surface area contributed by atoms with Crippen LogP contribution in [0.4, 0.5) is 5.69 Å². The Balaban J connectivity index is 1.58. The predicted molar refractivity (Wildman–Crippen MR) is 97.3 cm³/mol. The van der Waals surface area contributed by atoms with Gasteiger partial charge in [0.1, 0.15) is 0 Å². The highest BCUT2D eigenvalue weighted by Crippen LogP contribution is 2.31. The lowest BCUT2D eigenvalue weighted by Crippen LogP contribution is -2.32. The third kappa shape index (κ3) is 3.58. The number of nitrogens with one attached hydrogen (secondary N) is 1. The fraction of sp³-hybridized carbons (Fsp3) is 0.333. The predicted octanol–water partition coefficient (Wildman–Crippen LogP) is 3.77. The fourth-order valence-corrected chi connectivity index (χ4v) is 3.41. The number of amides is 2. The lowest BCUT2D eigenvalue weighted by molar-refractivity contribution is -0.116. The summed E-state index contributed by atoms with van der Waals surface area (Å²) >= 11 is 0. The number of hydrogen-bond acceptors (Lipinski definition) is 2. The van der Waals surface area contributed by atoms with Crippen LogP contribution in [0.1, 0.15) is 47.2 Å². The van der Waals surface area contributed by atoms with Gasteiger partial charge in [-0.15, -0.1) is 0 Å². The number of carbonyl (C=O) groups is 2. The summed E-state index contributed by atoms with van der Waals surface area (Å²) in [5.74, 6) is 0.145. The van der Waals surface area contributed by atoms with Crippen LogP contribution in [0.3, 0.4) is 0 Å². The Hall–Kier alpha value is -2.62. The highest BCUT2D eigenvalue weighted by Gasteiger charge is 2.33. The molecule has 0 atom stereocenters. The van der Waals surface area contributed by atoms with E-state index in [4.69, 9.17) is 0 Å². The first kappa shape index (κ1) is 15.9. The zero-order valence-electron chi connectivity index (χ0n) is 14.2. The standard InChI is InChI=1S/C21H22N2O2/c24-20-8-4-7-16-13-17(9-12-19(16)22-20)21(25)23(18-10-11-18)14-15-5-2-1-3-6-15/h1-3,5-6,9,12-13,18H,4,7-8,10-11,14H2,(H,22,24). The lowest BCUT2D eigenvalue weighted by atomic mass is 10.0. The molecule has 1 N–H and O–H groups in total. The Morgan fingerprint density at radius 1 is 1.08 bits per heavy atom. The fourth-order valence-electron chi connectivity index (χ4n) is 3.41. The molecule has 128 valence electrons. The number of hydrogen-bond donors (Lipinski definition) is 1. The summed E-state index contributed by atoms with van der Waals surface area (Å²) in [6.07, 6.45) is 4.36. The van der Waals surface area contributed by atoms with Crippen molar-refractivity contribution < 1.29 is 9.59 Å². The van der Waals surface area contributed by atoms with E-state index in [0.29, 0.717) is 19.0 Å². The molecule has 4 rings (SSSR count). The molecule has 2 aromatic carbocycles. The monoisotopic (exact) mass is 334 g/mol. The number of fused-ring (bicyclic) bond motifs is 1. The second kappa shape index (κ2) is 6.71. The van der Waals surface area contributed by atoms with Gasteiger partial charge in [0.2, 0.25) is 5.91 Å². The van der Waals surface area contributed by atoms with Crippen molar-refractivity contribution in [3.8, 4) is 0 Å². The Bertz CT molecular complexity index is 797. The van der Waals surface area contributed by atoms with Crippen molar-refractivity contribution in [2.45, 2.75) is 44.7 Å². The van der Waals surface area contributed by atoms with Crippen molar-refractivity contribution in [1.82, 2.24) is 4.90 Å². The molecule has 0 bridgehead atoms. The van der Waals surface area contributed by atoms with Gasteiger partial charge >= 0.3 is 0 Å². The Morgan fingerprint density at radius 3 is 2.64 bits per heavy atom. The molecule has 4 heteroatoms. The molecule has 25 heavy (non-hydrogen) atoms. The van der Waals surface area contributed by atoms with E-state index in [-0.39, 0.29) is 11.8 Å². The normalized spacial score (nSPS) is 16.6. The maximum Gasteiger partial charge on any atom is 0.254 e. The molecule has 1 aliphatic heterocycles. The second-order valence-corrected chi connectivity index (χ2v) is 6.92. The number of benzene rings is 2. The third-order valence-corrected chi connectivity index (χ3v) is 4.92. The van der Waals surface area contributed by atoms with Crippen LogP contribution in [0.15, 0.2) is 48.5 Å². The summed E-state index contributed by atoms with van der Waals surface area (Å²) in [7, 11) is 0. The highest BCUT2D eigenvalue weighted by atomic mass is 16.2. The molecule has 0 radical (unpaired) electrons. The average molecular weight is 334 g/mol. The van der Waals surface area contributed by atoms with E-state index >= 15 is 0 Å². The minimum Gasteiger partial charge on any atom is -0.331 e. The van der Waals surface area contributed by atoms with Gasteiger partial charge in [-0.25, -0.2) is 0 Å².